The van der Waals surface area contributed by atoms with E-state index < -0.39 is 22.4 Å². The molecule has 1 aromatic carbocycles. The van der Waals surface area contributed by atoms with Crippen LogP contribution in [0.3, 0.4) is 0 Å². The molecule has 0 spiro atoms. The molecule has 0 N–H and O–H groups in total. The maximum atomic E-state index is 12.2. The summed E-state index contributed by atoms with van der Waals surface area (Å²) in [5, 5.41) is 10.5. The minimum atomic E-state index is -4.57. The Morgan fingerprint density at radius 1 is 1.38 bits per heavy atom. The molecule has 0 aromatic heterocycles. The van der Waals surface area contributed by atoms with Crippen molar-refractivity contribution in [3.63, 3.8) is 0 Å². The molecule has 0 aliphatic carbocycles. The van der Waals surface area contributed by atoms with Gasteiger partial charge < -0.3 is 0 Å². The summed E-state index contributed by atoms with van der Waals surface area (Å²) in [6.07, 6.45) is -4.57. The fourth-order valence-corrected chi connectivity index (χ4v) is 1.31. The first-order valence-corrected chi connectivity index (χ1v) is 4.45. The second kappa shape index (κ2) is 5.53. The molecule has 0 atom stereocenters. The predicted molar refractivity (Wildman–Crippen MR) is 61.1 cm³/mol. The van der Waals surface area contributed by atoms with Crippen LogP contribution in [0.5, 0.6) is 0 Å². The second-order valence-corrected chi connectivity index (χ2v) is 3.07. The van der Waals surface area contributed by atoms with E-state index in [9.17, 15) is 23.3 Å². The first kappa shape index (κ1) is 15.2. The van der Waals surface area contributed by atoms with Crippen molar-refractivity contribution in [2.75, 3.05) is 0 Å². The number of nitrogens with zero attached hydrogens (tertiary/aromatic N) is 1. The van der Waals surface area contributed by atoms with Gasteiger partial charge in [0.15, 0.2) is 0 Å². The Morgan fingerprint density at radius 3 is 2.31 bits per heavy atom. The van der Waals surface area contributed by atoms with Gasteiger partial charge in [-0.2, -0.15) is 25.8 Å². The zero-order chi connectivity index (χ0) is 11.6. The number of hydrogen-bond acceptors (Lipinski definition) is 3. The van der Waals surface area contributed by atoms with Crippen LogP contribution in [0.1, 0.15) is 11.1 Å². The second-order valence-electron chi connectivity index (χ2n) is 2.76. The van der Waals surface area contributed by atoms with E-state index in [4.69, 9.17) is 0 Å². The van der Waals surface area contributed by atoms with Gasteiger partial charge in [-0.15, -0.1) is 17.0 Å². The van der Waals surface area contributed by atoms with Crippen molar-refractivity contribution in [3.05, 3.63) is 39.4 Å². The van der Waals surface area contributed by atoms with E-state index in [0.717, 1.165) is 12.1 Å². The highest BCUT2D eigenvalue weighted by molar-refractivity contribution is 8.93. The van der Waals surface area contributed by atoms with Crippen molar-refractivity contribution in [1.29, 1.82) is 0 Å². The van der Waals surface area contributed by atoms with Crippen molar-refractivity contribution in [1.82, 2.24) is 0 Å². The van der Waals surface area contributed by atoms with E-state index in [0.29, 0.717) is 6.07 Å². The van der Waals surface area contributed by atoms with Crippen LogP contribution >= 0.6 is 29.6 Å². The summed E-state index contributed by atoms with van der Waals surface area (Å²) in [6.45, 7) is 0. The van der Waals surface area contributed by atoms with Crippen LogP contribution in [0.4, 0.5) is 18.9 Å². The number of nitro groups is 1. The van der Waals surface area contributed by atoms with Gasteiger partial charge in [0.2, 0.25) is 0 Å². The molecule has 0 amide bonds. The molecule has 1 aromatic rings. The fourth-order valence-electron chi connectivity index (χ4n) is 1.04. The van der Waals surface area contributed by atoms with Gasteiger partial charge in [-0.25, -0.2) is 0 Å². The lowest BCUT2D eigenvalue weighted by Crippen LogP contribution is -2.06. The minimum absolute atomic E-state index is 0. The molecule has 0 fully saturated rings. The highest BCUT2D eigenvalue weighted by Gasteiger charge is 2.32. The lowest BCUT2D eigenvalue weighted by Gasteiger charge is -2.07. The average Bonchev–Trinajstić information content (AvgIpc) is 2.15. The molecule has 0 saturated heterocycles. The maximum Gasteiger partial charge on any atom is 0.416 e. The summed E-state index contributed by atoms with van der Waals surface area (Å²) in [5.41, 5.74) is -1.42. The predicted octanol–water partition coefficient (Wildman–Crippen LogP) is 3.62. The minimum Gasteiger partial charge on any atom is -0.258 e. The number of nitro benzene ring substituents is 1. The van der Waals surface area contributed by atoms with Gasteiger partial charge in [0.1, 0.15) is 0 Å². The van der Waals surface area contributed by atoms with Gasteiger partial charge in [-0.05, 0) is 6.07 Å². The summed E-state index contributed by atoms with van der Waals surface area (Å²) < 4.78 is 36.7. The zero-order valence-corrected chi connectivity index (χ0v) is 10.3. The Morgan fingerprint density at radius 2 is 1.94 bits per heavy atom. The standard InChI is InChI=1S/C8H6F3NO2S.BrH/c9-8(10,11)6-2-1-5(4-15)7(3-6)12(13)14;/h1-3,15H,4H2;1H. The quantitative estimate of drug-likeness (QED) is 0.514. The third kappa shape index (κ3) is 3.38. The molecule has 90 valence electrons. The molecule has 0 unspecified atom stereocenters. The number of hydrogen-bond donors (Lipinski definition) is 1. The normalized spacial score (nSPS) is 10.8. The number of halogens is 4. The summed E-state index contributed by atoms with van der Waals surface area (Å²) in [7, 11) is 0. The van der Waals surface area contributed by atoms with E-state index in [-0.39, 0.29) is 28.3 Å². The van der Waals surface area contributed by atoms with Crippen molar-refractivity contribution >= 4 is 35.3 Å². The van der Waals surface area contributed by atoms with Crippen LogP contribution in [-0.4, -0.2) is 4.92 Å². The topological polar surface area (TPSA) is 43.1 Å². The monoisotopic (exact) mass is 317 g/mol. The number of rotatable bonds is 2. The van der Waals surface area contributed by atoms with E-state index >= 15 is 0 Å². The summed E-state index contributed by atoms with van der Waals surface area (Å²) >= 11 is 3.80. The third-order valence-electron chi connectivity index (χ3n) is 1.78. The Labute approximate surface area is 105 Å². The molecule has 1 rings (SSSR count). The van der Waals surface area contributed by atoms with Gasteiger partial charge >= 0.3 is 6.18 Å². The van der Waals surface area contributed by atoms with E-state index in [1.807, 2.05) is 0 Å². The maximum absolute atomic E-state index is 12.2. The van der Waals surface area contributed by atoms with Crippen molar-refractivity contribution in [2.24, 2.45) is 0 Å². The average molecular weight is 318 g/mol. The lowest BCUT2D eigenvalue weighted by molar-refractivity contribution is -0.385. The molecule has 16 heavy (non-hydrogen) atoms. The molecular formula is C8H7BrF3NO2S. The Bertz CT molecular complexity index is 397. The van der Waals surface area contributed by atoms with Crippen LogP contribution in [0.25, 0.3) is 0 Å². The first-order chi connectivity index (χ1) is 6.86. The molecular weight excluding hydrogens is 311 g/mol. The highest BCUT2D eigenvalue weighted by Crippen LogP contribution is 2.33. The SMILES string of the molecule is Br.O=[N+]([O-])c1cc(C(F)(F)F)ccc1CS. The molecule has 3 nitrogen and oxygen atoms in total. The molecule has 0 aliphatic heterocycles. The van der Waals surface area contributed by atoms with Gasteiger partial charge in [0.05, 0.1) is 10.5 Å². The Kier molecular flexibility index (Phi) is 5.27. The van der Waals surface area contributed by atoms with E-state index in [2.05, 4.69) is 12.6 Å². The summed E-state index contributed by atoms with van der Waals surface area (Å²) in [5.74, 6) is 0.0223. The molecule has 0 radical (unpaired) electrons. The van der Waals surface area contributed by atoms with Crippen LogP contribution in [-0.2, 0) is 11.9 Å². The van der Waals surface area contributed by atoms with Crippen LogP contribution in [0.15, 0.2) is 18.2 Å². The number of benzene rings is 1. The lowest BCUT2D eigenvalue weighted by atomic mass is 10.1. The van der Waals surface area contributed by atoms with Gasteiger partial charge in [0.25, 0.3) is 5.69 Å². The molecule has 0 heterocycles. The van der Waals surface area contributed by atoms with Crippen molar-refractivity contribution in [2.45, 2.75) is 11.9 Å². The first-order valence-electron chi connectivity index (χ1n) is 3.81. The van der Waals surface area contributed by atoms with Gasteiger partial charge in [-0.3, -0.25) is 10.1 Å². The molecule has 0 bridgehead atoms. The third-order valence-corrected chi connectivity index (χ3v) is 2.12. The largest absolute Gasteiger partial charge is 0.416 e. The number of alkyl halides is 3. The molecule has 0 aliphatic rings. The van der Waals surface area contributed by atoms with Crippen molar-refractivity contribution in [3.8, 4) is 0 Å². The summed E-state index contributed by atoms with van der Waals surface area (Å²) in [4.78, 5) is 9.62. The smallest absolute Gasteiger partial charge is 0.258 e. The summed E-state index contributed by atoms with van der Waals surface area (Å²) in [6, 6.07) is 2.39. The van der Waals surface area contributed by atoms with Crippen molar-refractivity contribution < 1.29 is 18.1 Å². The van der Waals surface area contributed by atoms with E-state index in [1.165, 1.54) is 0 Å². The molecule has 0 saturated carbocycles. The Balaban J connectivity index is 0.00000225. The molecule has 8 heteroatoms. The van der Waals surface area contributed by atoms with Gasteiger partial charge in [-0.1, -0.05) is 6.07 Å². The van der Waals surface area contributed by atoms with E-state index in [1.54, 1.807) is 0 Å². The zero-order valence-electron chi connectivity index (χ0n) is 7.69. The Hall–Kier alpha value is -0.760. The van der Waals surface area contributed by atoms with Crippen LogP contribution in [0, 0.1) is 10.1 Å². The van der Waals surface area contributed by atoms with Crippen LogP contribution in [0.2, 0.25) is 0 Å². The highest BCUT2D eigenvalue weighted by atomic mass is 79.9. The van der Waals surface area contributed by atoms with Gasteiger partial charge in [0, 0.05) is 17.4 Å². The number of thiol groups is 1. The fraction of sp³-hybridized carbons (Fsp3) is 0.250. The van der Waals surface area contributed by atoms with Crippen LogP contribution < -0.4 is 0 Å².